The molecule has 100 valence electrons. The molecule has 2 heterocycles. The van der Waals surface area contributed by atoms with E-state index in [0.717, 1.165) is 23.5 Å². The number of alkyl halides is 1. The van der Waals surface area contributed by atoms with Crippen LogP contribution in [0, 0.1) is 6.92 Å². The van der Waals surface area contributed by atoms with Crippen LogP contribution in [0.2, 0.25) is 0 Å². The molecule has 0 N–H and O–H groups in total. The number of nitrogens with zero attached hydrogens (tertiary/aromatic N) is 3. The summed E-state index contributed by atoms with van der Waals surface area (Å²) in [5.41, 5.74) is 0. The molecule has 1 aliphatic heterocycles. The number of aryl methyl sites for hydroxylation is 1. The lowest BCUT2D eigenvalue weighted by Gasteiger charge is -2.38. The summed E-state index contributed by atoms with van der Waals surface area (Å²) in [7, 11) is 1.62. The van der Waals surface area contributed by atoms with Crippen LogP contribution in [0.3, 0.4) is 0 Å². The third kappa shape index (κ3) is 2.92. The van der Waals surface area contributed by atoms with Crippen molar-refractivity contribution in [3.63, 3.8) is 0 Å². The van der Waals surface area contributed by atoms with E-state index in [2.05, 4.69) is 37.7 Å². The van der Waals surface area contributed by atoms with Crippen LogP contribution in [-0.2, 0) is 4.74 Å². The van der Waals surface area contributed by atoms with E-state index < -0.39 is 0 Å². The second-order valence-corrected chi connectivity index (χ2v) is 5.07. The molecular formula is C12H18BrN3O2. The molecule has 18 heavy (non-hydrogen) atoms. The van der Waals surface area contributed by atoms with Crippen LogP contribution in [0.25, 0.3) is 0 Å². The third-order valence-corrected chi connectivity index (χ3v) is 3.70. The Morgan fingerprint density at radius 1 is 1.56 bits per heavy atom. The standard InChI is InChI=1S/C12H18BrN3O2/c1-8-7-18-10(5-13)6-16(8)11-4-12(17-3)15-9(2)14-11/h4,8,10H,5-7H2,1-3H3. The molecule has 0 aromatic carbocycles. The Kier molecular flexibility index (Phi) is 4.40. The molecule has 1 fully saturated rings. The first-order valence-electron chi connectivity index (χ1n) is 5.98. The summed E-state index contributed by atoms with van der Waals surface area (Å²) < 4.78 is 10.9. The van der Waals surface area contributed by atoms with Crippen LogP contribution in [-0.4, -0.2) is 47.7 Å². The molecule has 0 amide bonds. The number of rotatable bonds is 3. The van der Waals surface area contributed by atoms with E-state index in [9.17, 15) is 0 Å². The van der Waals surface area contributed by atoms with Crippen LogP contribution in [0.5, 0.6) is 5.88 Å². The van der Waals surface area contributed by atoms with E-state index in [0.29, 0.717) is 18.5 Å². The second-order valence-electron chi connectivity index (χ2n) is 4.43. The van der Waals surface area contributed by atoms with E-state index in [1.165, 1.54) is 0 Å². The Labute approximate surface area is 116 Å². The van der Waals surface area contributed by atoms with Crippen LogP contribution >= 0.6 is 15.9 Å². The monoisotopic (exact) mass is 315 g/mol. The average molecular weight is 316 g/mol. The highest BCUT2D eigenvalue weighted by Gasteiger charge is 2.27. The van der Waals surface area contributed by atoms with Crippen LogP contribution < -0.4 is 9.64 Å². The summed E-state index contributed by atoms with van der Waals surface area (Å²) >= 11 is 3.46. The highest BCUT2D eigenvalue weighted by molar-refractivity contribution is 9.09. The van der Waals surface area contributed by atoms with Crippen molar-refractivity contribution >= 4 is 21.7 Å². The smallest absolute Gasteiger partial charge is 0.218 e. The maximum Gasteiger partial charge on any atom is 0.218 e. The van der Waals surface area contributed by atoms with Gasteiger partial charge in [-0.3, -0.25) is 0 Å². The fourth-order valence-electron chi connectivity index (χ4n) is 2.01. The minimum Gasteiger partial charge on any atom is -0.481 e. The average Bonchev–Trinajstić information content (AvgIpc) is 2.38. The number of halogens is 1. The van der Waals surface area contributed by atoms with Crippen molar-refractivity contribution in [2.75, 3.05) is 30.5 Å². The van der Waals surface area contributed by atoms with Gasteiger partial charge in [-0.25, -0.2) is 4.98 Å². The summed E-state index contributed by atoms with van der Waals surface area (Å²) in [5.74, 6) is 2.23. The fourth-order valence-corrected chi connectivity index (χ4v) is 2.40. The molecule has 0 spiro atoms. The molecule has 1 aliphatic rings. The molecule has 1 aromatic heterocycles. The molecule has 0 radical (unpaired) electrons. The summed E-state index contributed by atoms with van der Waals surface area (Å²) in [4.78, 5) is 10.9. The normalized spacial score (nSPS) is 24.1. The van der Waals surface area contributed by atoms with Crippen molar-refractivity contribution in [3.8, 4) is 5.88 Å². The minimum absolute atomic E-state index is 0.197. The van der Waals surface area contributed by atoms with E-state index in [4.69, 9.17) is 9.47 Å². The van der Waals surface area contributed by atoms with E-state index in [-0.39, 0.29) is 6.10 Å². The van der Waals surface area contributed by atoms with Crippen molar-refractivity contribution in [1.29, 1.82) is 0 Å². The Morgan fingerprint density at radius 3 is 3.00 bits per heavy atom. The number of morpholine rings is 1. The van der Waals surface area contributed by atoms with E-state index in [1.807, 2.05) is 13.0 Å². The Balaban J connectivity index is 2.25. The number of hydrogen-bond acceptors (Lipinski definition) is 5. The van der Waals surface area contributed by atoms with Gasteiger partial charge in [0.1, 0.15) is 11.6 Å². The molecule has 1 saturated heterocycles. The number of anilines is 1. The lowest BCUT2D eigenvalue weighted by molar-refractivity contribution is 0.0376. The van der Waals surface area contributed by atoms with Gasteiger partial charge in [-0.15, -0.1) is 0 Å². The van der Waals surface area contributed by atoms with Crippen LogP contribution in [0.4, 0.5) is 5.82 Å². The first kappa shape index (κ1) is 13.5. The first-order chi connectivity index (χ1) is 8.63. The lowest BCUT2D eigenvalue weighted by atomic mass is 10.2. The lowest BCUT2D eigenvalue weighted by Crippen LogP contribution is -2.49. The van der Waals surface area contributed by atoms with Gasteiger partial charge in [-0.2, -0.15) is 4.98 Å². The van der Waals surface area contributed by atoms with Crippen LogP contribution in [0.15, 0.2) is 6.07 Å². The van der Waals surface area contributed by atoms with Crippen LogP contribution in [0.1, 0.15) is 12.7 Å². The Bertz CT molecular complexity index is 416. The predicted molar refractivity (Wildman–Crippen MR) is 73.7 cm³/mol. The van der Waals surface area contributed by atoms with Crippen molar-refractivity contribution < 1.29 is 9.47 Å². The molecule has 0 aliphatic carbocycles. The Hall–Kier alpha value is -0.880. The summed E-state index contributed by atoms with van der Waals surface area (Å²) in [6.45, 7) is 5.54. The van der Waals surface area contributed by atoms with E-state index in [1.54, 1.807) is 7.11 Å². The predicted octanol–water partition coefficient (Wildman–Crippen LogP) is 1.78. The van der Waals surface area contributed by atoms with Gasteiger partial charge in [-0.05, 0) is 13.8 Å². The molecule has 5 nitrogen and oxygen atoms in total. The van der Waals surface area contributed by atoms with Crippen molar-refractivity contribution in [2.45, 2.75) is 26.0 Å². The molecule has 0 saturated carbocycles. The van der Waals surface area contributed by atoms with Gasteiger partial charge in [-0.1, -0.05) is 15.9 Å². The first-order valence-corrected chi connectivity index (χ1v) is 7.10. The van der Waals surface area contributed by atoms with Gasteiger partial charge in [0.05, 0.1) is 25.9 Å². The largest absolute Gasteiger partial charge is 0.481 e. The maximum atomic E-state index is 5.71. The zero-order valence-corrected chi connectivity index (χ0v) is 12.5. The van der Waals surface area contributed by atoms with Gasteiger partial charge in [0.25, 0.3) is 0 Å². The van der Waals surface area contributed by atoms with Crippen molar-refractivity contribution in [2.24, 2.45) is 0 Å². The third-order valence-electron chi connectivity index (χ3n) is 2.98. The molecule has 2 rings (SSSR count). The number of ether oxygens (including phenoxy) is 2. The molecule has 6 heteroatoms. The fraction of sp³-hybridized carbons (Fsp3) is 0.667. The highest BCUT2D eigenvalue weighted by atomic mass is 79.9. The maximum absolute atomic E-state index is 5.71. The van der Waals surface area contributed by atoms with Gasteiger partial charge >= 0.3 is 0 Å². The second kappa shape index (κ2) is 5.84. The molecule has 2 unspecified atom stereocenters. The van der Waals surface area contributed by atoms with E-state index >= 15 is 0 Å². The summed E-state index contributed by atoms with van der Waals surface area (Å²) in [5, 5.41) is 0.831. The summed E-state index contributed by atoms with van der Waals surface area (Å²) in [6, 6.07) is 2.18. The summed E-state index contributed by atoms with van der Waals surface area (Å²) in [6.07, 6.45) is 0.197. The SMILES string of the molecule is COc1cc(N2CC(CBr)OCC2C)nc(C)n1. The highest BCUT2D eigenvalue weighted by Crippen LogP contribution is 2.23. The molecule has 1 aromatic rings. The number of aromatic nitrogens is 2. The van der Waals surface area contributed by atoms with Gasteiger partial charge in [0.15, 0.2) is 0 Å². The van der Waals surface area contributed by atoms with Gasteiger partial charge in [0, 0.05) is 17.9 Å². The number of hydrogen-bond donors (Lipinski definition) is 0. The zero-order chi connectivity index (χ0) is 13.1. The quantitative estimate of drug-likeness (QED) is 0.796. The van der Waals surface area contributed by atoms with Crippen molar-refractivity contribution in [3.05, 3.63) is 11.9 Å². The molecular weight excluding hydrogens is 298 g/mol. The van der Waals surface area contributed by atoms with Gasteiger partial charge < -0.3 is 14.4 Å². The number of methoxy groups -OCH3 is 1. The molecule has 0 bridgehead atoms. The minimum atomic E-state index is 0.197. The Morgan fingerprint density at radius 2 is 2.33 bits per heavy atom. The molecule has 2 atom stereocenters. The van der Waals surface area contributed by atoms with Crippen molar-refractivity contribution in [1.82, 2.24) is 9.97 Å². The van der Waals surface area contributed by atoms with Gasteiger partial charge in [0.2, 0.25) is 5.88 Å². The zero-order valence-electron chi connectivity index (χ0n) is 10.9. The topological polar surface area (TPSA) is 47.5 Å².